The first kappa shape index (κ1) is 6.08. The molecule has 3 atom stereocenters. The maximum Gasteiger partial charge on any atom is 0.235 e. The van der Waals surface area contributed by atoms with Crippen molar-refractivity contribution in [3.8, 4) is 0 Å². The molecule has 0 aromatic heterocycles. The number of hydrogen-bond donors (Lipinski definition) is 0. The molecular formula is C7H9NO2. The molecule has 1 saturated carbocycles. The number of fused-ring (bicyclic) bond motifs is 1. The first-order chi connectivity index (χ1) is 4.90. The zero-order valence-electron chi connectivity index (χ0n) is 5.62. The van der Waals surface area contributed by atoms with Crippen LogP contribution in [0.15, 0.2) is 4.99 Å². The molecule has 0 radical (unpaired) electrons. The normalized spacial score (nSPS) is 43.4. The van der Waals surface area contributed by atoms with Crippen molar-refractivity contribution in [2.75, 3.05) is 0 Å². The van der Waals surface area contributed by atoms with Gasteiger partial charge in [0.25, 0.3) is 0 Å². The summed E-state index contributed by atoms with van der Waals surface area (Å²) in [4.78, 5) is 13.5. The van der Waals surface area contributed by atoms with E-state index in [1.807, 2.05) is 0 Å². The molecule has 10 heavy (non-hydrogen) atoms. The average Bonchev–Trinajstić information content (AvgIpc) is 2.66. The molecule has 0 amide bonds. The van der Waals surface area contributed by atoms with E-state index < -0.39 is 0 Å². The quantitative estimate of drug-likeness (QED) is 0.304. The molecule has 0 spiro atoms. The van der Waals surface area contributed by atoms with Crippen LogP contribution in [-0.4, -0.2) is 24.3 Å². The van der Waals surface area contributed by atoms with Crippen LogP contribution in [0, 0.1) is 0 Å². The minimum absolute atomic E-state index is 0.196. The van der Waals surface area contributed by atoms with Crippen LogP contribution in [0.3, 0.4) is 0 Å². The second-order valence-electron chi connectivity index (χ2n) is 2.90. The Labute approximate surface area is 59.1 Å². The van der Waals surface area contributed by atoms with Gasteiger partial charge >= 0.3 is 0 Å². The molecule has 0 aromatic carbocycles. The van der Waals surface area contributed by atoms with Crippen LogP contribution in [0.1, 0.15) is 19.3 Å². The Morgan fingerprint density at radius 3 is 3.00 bits per heavy atom. The Hall–Kier alpha value is -0.660. The predicted octanol–water partition coefficient (Wildman–Crippen LogP) is 0.642. The zero-order chi connectivity index (χ0) is 6.97. The van der Waals surface area contributed by atoms with E-state index in [0.717, 1.165) is 19.3 Å². The lowest BCUT2D eigenvalue weighted by Gasteiger charge is -2.11. The number of hydrogen-bond acceptors (Lipinski definition) is 3. The molecule has 2 fully saturated rings. The molecule has 1 aliphatic heterocycles. The van der Waals surface area contributed by atoms with Crippen molar-refractivity contribution in [1.29, 1.82) is 0 Å². The third-order valence-electron chi connectivity index (χ3n) is 2.21. The van der Waals surface area contributed by atoms with E-state index in [-0.39, 0.29) is 6.04 Å². The van der Waals surface area contributed by atoms with Crippen molar-refractivity contribution in [2.24, 2.45) is 4.99 Å². The molecule has 3 unspecified atom stereocenters. The second-order valence-corrected chi connectivity index (χ2v) is 2.90. The van der Waals surface area contributed by atoms with E-state index in [0.29, 0.717) is 12.2 Å². The van der Waals surface area contributed by atoms with Crippen molar-refractivity contribution in [1.82, 2.24) is 0 Å². The van der Waals surface area contributed by atoms with Gasteiger partial charge in [-0.05, 0) is 19.3 Å². The standard InChI is InChI=1S/C7H9NO2/c9-4-8-5-1-2-6-7(3-5)10-6/h5-7H,1-3H2. The summed E-state index contributed by atoms with van der Waals surface area (Å²) in [6.07, 6.45) is 5.50. The van der Waals surface area contributed by atoms with Gasteiger partial charge in [-0.25, -0.2) is 9.79 Å². The molecule has 1 heterocycles. The van der Waals surface area contributed by atoms with Crippen LogP contribution in [0.2, 0.25) is 0 Å². The van der Waals surface area contributed by atoms with E-state index in [9.17, 15) is 4.79 Å². The van der Waals surface area contributed by atoms with Gasteiger partial charge in [-0.2, -0.15) is 0 Å². The molecule has 3 heteroatoms. The van der Waals surface area contributed by atoms with Crippen molar-refractivity contribution >= 4 is 6.08 Å². The topological polar surface area (TPSA) is 42.0 Å². The van der Waals surface area contributed by atoms with Gasteiger partial charge in [0.1, 0.15) is 0 Å². The van der Waals surface area contributed by atoms with Crippen LogP contribution in [0.5, 0.6) is 0 Å². The molecule has 2 rings (SSSR count). The SMILES string of the molecule is O=C=NC1CCC2OC2C1. The van der Waals surface area contributed by atoms with Gasteiger partial charge in [-0.15, -0.1) is 0 Å². The molecule has 1 saturated heterocycles. The average molecular weight is 139 g/mol. The minimum Gasteiger partial charge on any atom is -0.370 e. The van der Waals surface area contributed by atoms with Crippen LogP contribution in [-0.2, 0) is 9.53 Å². The maximum atomic E-state index is 9.86. The summed E-state index contributed by atoms with van der Waals surface area (Å²) in [5.74, 6) is 0. The Kier molecular flexibility index (Phi) is 1.33. The maximum absolute atomic E-state index is 9.86. The van der Waals surface area contributed by atoms with Crippen molar-refractivity contribution in [3.05, 3.63) is 0 Å². The van der Waals surface area contributed by atoms with Gasteiger partial charge in [-0.3, -0.25) is 0 Å². The van der Waals surface area contributed by atoms with Crippen molar-refractivity contribution in [3.63, 3.8) is 0 Å². The number of isocyanates is 1. The third-order valence-corrected chi connectivity index (χ3v) is 2.21. The fraction of sp³-hybridized carbons (Fsp3) is 0.857. The van der Waals surface area contributed by atoms with E-state index in [1.54, 1.807) is 6.08 Å². The highest BCUT2D eigenvalue weighted by molar-refractivity contribution is 5.33. The lowest BCUT2D eigenvalue weighted by Crippen LogP contribution is -2.15. The van der Waals surface area contributed by atoms with Crippen LogP contribution in [0.4, 0.5) is 0 Å². The first-order valence-electron chi connectivity index (χ1n) is 3.62. The number of rotatable bonds is 1. The Morgan fingerprint density at radius 1 is 1.40 bits per heavy atom. The molecule has 1 aliphatic carbocycles. The fourth-order valence-electron chi connectivity index (χ4n) is 1.57. The summed E-state index contributed by atoms with van der Waals surface area (Å²) in [6.45, 7) is 0. The van der Waals surface area contributed by atoms with Crippen LogP contribution in [0.25, 0.3) is 0 Å². The summed E-state index contributed by atoms with van der Waals surface area (Å²) >= 11 is 0. The summed E-state index contributed by atoms with van der Waals surface area (Å²) < 4.78 is 5.26. The predicted molar refractivity (Wildman–Crippen MR) is 34.4 cm³/mol. The Bertz CT molecular complexity index is 186. The van der Waals surface area contributed by atoms with E-state index >= 15 is 0 Å². The van der Waals surface area contributed by atoms with Gasteiger partial charge in [0.05, 0.1) is 18.2 Å². The number of aliphatic imine (C=N–C) groups is 1. The smallest absolute Gasteiger partial charge is 0.235 e. The molecule has 54 valence electrons. The van der Waals surface area contributed by atoms with Gasteiger partial charge in [0.15, 0.2) is 0 Å². The van der Waals surface area contributed by atoms with Gasteiger partial charge in [0, 0.05) is 0 Å². The largest absolute Gasteiger partial charge is 0.370 e. The summed E-state index contributed by atoms with van der Waals surface area (Å²) in [5.41, 5.74) is 0. The minimum atomic E-state index is 0.196. The van der Waals surface area contributed by atoms with Gasteiger partial charge in [-0.1, -0.05) is 0 Å². The molecule has 3 nitrogen and oxygen atoms in total. The lowest BCUT2D eigenvalue weighted by atomic mass is 9.96. The first-order valence-corrected chi connectivity index (χ1v) is 3.62. The lowest BCUT2D eigenvalue weighted by molar-refractivity contribution is 0.371. The summed E-state index contributed by atoms with van der Waals surface area (Å²) in [7, 11) is 0. The molecular weight excluding hydrogens is 130 g/mol. The van der Waals surface area contributed by atoms with Crippen LogP contribution < -0.4 is 0 Å². The molecule has 0 aromatic rings. The van der Waals surface area contributed by atoms with Gasteiger partial charge in [0.2, 0.25) is 6.08 Å². The van der Waals surface area contributed by atoms with E-state index in [4.69, 9.17) is 4.74 Å². The molecule has 0 bridgehead atoms. The highest BCUT2D eigenvalue weighted by atomic mass is 16.6. The summed E-state index contributed by atoms with van der Waals surface area (Å²) in [6, 6.07) is 0.196. The third kappa shape index (κ3) is 0.981. The van der Waals surface area contributed by atoms with E-state index in [1.165, 1.54) is 0 Å². The zero-order valence-corrected chi connectivity index (χ0v) is 5.62. The van der Waals surface area contributed by atoms with Crippen LogP contribution >= 0.6 is 0 Å². The number of nitrogens with zero attached hydrogens (tertiary/aromatic N) is 1. The number of carbonyl (C=O) groups excluding carboxylic acids is 1. The molecule has 0 N–H and O–H groups in total. The number of ether oxygens (including phenoxy) is 1. The Balaban J connectivity index is 1.93. The van der Waals surface area contributed by atoms with Crippen molar-refractivity contribution in [2.45, 2.75) is 37.5 Å². The monoisotopic (exact) mass is 139 g/mol. The number of epoxide rings is 1. The second kappa shape index (κ2) is 2.19. The Morgan fingerprint density at radius 2 is 2.30 bits per heavy atom. The summed E-state index contributed by atoms with van der Waals surface area (Å²) in [5, 5.41) is 0. The highest BCUT2D eigenvalue weighted by Gasteiger charge is 2.43. The fourth-order valence-corrected chi connectivity index (χ4v) is 1.57. The van der Waals surface area contributed by atoms with Gasteiger partial charge < -0.3 is 4.74 Å². The molecule has 2 aliphatic rings. The van der Waals surface area contributed by atoms with Crippen molar-refractivity contribution < 1.29 is 9.53 Å². The highest BCUT2D eigenvalue weighted by Crippen LogP contribution is 2.37. The van der Waals surface area contributed by atoms with E-state index in [2.05, 4.69) is 4.99 Å².